The van der Waals surface area contributed by atoms with E-state index in [0.29, 0.717) is 26.1 Å². The molecule has 146 valence electrons. The Balaban J connectivity index is 1.66. The largest absolute Gasteiger partial charge is 0.381 e. The summed E-state index contributed by atoms with van der Waals surface area (Å²) in [4.78, 5) is 21.7. The number of benzene rings is 2. The fraction of sp³-hybridized carbons (Fsp3) is 0.391. The Morgan fingerprint density at radius 2 is 1.75 bits per heavy atom. The molecule has 1 aliphatic heterocycles. The summed E-state index contributed by atoms with van der Waals surface area (Å²) in [5.41, 5.74) is 2.41. The molecule has 0 spiro atoms. The molecule has 5 nitrogen and oxygen atoms in total. The first kappa shape index (κ1) is 18.7. The third-order valence-corrected chi connectivity index (χ3v) is 5.76. The number of nitrogens with zero attached hydrogens (tertiary/aromatic N) is 1. The Kier molecular flexibility index (Phi) is 5.18. The average molecular weight is 377 g/mol. The SMILES string of the molecule is CC(C)C(NC(=O)C1(c2ccccc2)CCOCC1)c1nc2ccccc2[nH]1. The number of nitrogens with one attached hydrogen (secondary N) is 2. The lowest BCUT2D eigenvalue weighted by molar-refractivity contribution is -0.131. The maximum Gasteiger partial charge on any atom is 0.231 e. The van der Waals surface area contributed by atoms with Crippen molar-refractivity contribution < 1.29 is 9.53 Å². The monoisotopic (exact) mass is 377 g/mol. The van der Waals surface area contributed by atoms with Crippen molar-refractivity contribution in [3.8, 4) is 0 Å². The van der Waals surface area contributed by atoms with E-state index < -0.39 is 5.41 Å². The molecule has 1 amide bonds. The molecule has 0 radical (unpaired) electrons. The quantitative estimate of drug-likeness (QED) is 0.703. The van der Waals surface area contributed by atoms with Gasteiger partial charge in [-0.05, 0) is 36.5 Å². The molecule has 28 heavy (non-hydrogen) atoms. The molecule has 3 aromatic rings. The first-order valence-electron chi connectivity index (χ1n) is 9.99. The summed E-state index contributed by atoms with van der Waals surface area (Å²) < 4.78 is 5.57. The van der Waals surface area contributed by atoms with Gasteiger partial charge in [0, 0.05) is 13.2 Å². The van der Waals surface area contributed by atoms with E-state index in [1.54, 1.807) is 0 Å². The molecule has 1 atom stereocenters. The molecule has 2 heterocycles. The topological polar surface area (TPSA) is 67.0 Å². The number of aromatic amines is 1. The maximum absolute atomic E-state index is 13.6. The summed E-state index contributed by atoms with van der Waals surface area (Å²) in [7, 11) is 0. The van der Waals surface area contributed by atoms with Crippen LogP contribution < -0.4 is 5.32 Å². The predicted octanol–water partition coefficient (Wildman–Crippen LogP) is 4.12. The van der Waals surface area contributed by atoms with E-state index in [4.69, 9.17) is 9.72 Å². The van der Waals surface area contributed by atoms with Crippen LogP contribution in [0, 0.1) is 5.92 Å². The van der Waals surface area contributed by atoms with Gasteiger partial charge in [0.15, 0.2) is 0 Å². The number of ether oxygens (including phenoxy) is 1. The predicted molar refractivity (Wildman–Crippen MR) is 110 cm³/mol. The number of para-hydroxylation sites is 2. The van der Waals surface area contributed by atoms with Gasteiger partial charge < -0.3 is 15.0 Å². The van der Waals surface area contributed by atoms with Crippen LogP contribution in [-0.2, 0) is 14.9 Å². The van der Waals surface area contributed by atoms with Crippen LogP contribution in [-0.4, -0.2) is 29.1 Å². The van der Waals surface area contributed by atoms with Gasteiger partial charge in [0.05, 0.1) is 22.5 Å². The second-order valence-corrected chi connectivity index (χ2v) is 7.89. The molecule has 0 bridgehead atoms. The van der Waals surface area contributed by atoms with Gasteiger partial charge in [-0.15, -0.1) is 0 Å². The number of carbonyl (C=O) groups excluding carboxylic acids is 1. The van der Waals surface area contributed by atoms with Crippen molar-refractivity contribution in [2.45, 2.75) is 38.1 Å². The Morgan fingerprint density at radius 1 is 1.07 bits per heavy atom. The highest BCUT2D eigenvalue weighted by atomic mass is 16.5. The number of imidazole rings is 1. The third-order valence-electron chi connectivity index (χ3n) is 5.76. The Morgan fingerprint density at radius 3 is 2.43 bits per heavy atom. The molecule has 5 heteroatoms. The lowest BCUT2D eigenvalue weighted by Gasteiger charge is -2.37. The Labute approximate surface area is 165 Å². The van der Waals surface area contributed by atoms with Gasteiger partial charge in [0.1, 0.15) is 5.82 Å². The Hall–Kier alpha value is -2.66. The molecule has 2 N–H and O–H groups in total. The minimum absolute atomic E-state index is 0.0566. The van der Waals surface area contributed by atoms with Crippen LogP contribution >= 0.6 is 0 Å². The zero-order chi connectivity index (χ0) is 19.6. The number of carbonyl (C=O) groups is 1. The average Bonchev–Trinajstić information content (AvgIpc) is 3.16. The fourth-order valence-electron chi connectivity index (χ4n) is 4.07. The van der Waals surface area contributed by atoms with Crippen LogP contribution in [0.25, 0.3) is 11.0 Å². The molecule has 1 fully saturated rings. The minimum atomic E-state index is -0.557. The number of rotatable bonds is 5. The molecule has 1 aromatic heterocycles. The molecular formula is C23H27N3O2. The van der Waals surface area contributed by atoms with Crippen LogP contribution in [0.5, 0.6) is 0 Å². The smallest absolute Gasteiger partial charge is 0.231 e. The second kappa shape index (κ2) is 7.76. The Bertz CT molecular complexity index is 910. The van der Waals surface area contributed by atoms with Gasteiger partial charge in [-0.25, -0.2) is 4.98 Å². The van der Waals surface area contributed by atoms with Crippen LogP contribution in [0.2, 0.25) is 0 Å². The molecule has 0 saturated carbocycles. The van der Waals surface area contributed by atoms with Gasteiger partial charge in [0.2, 0.25) is 5.91 Å². The summed E-state index contributed by atoms with van der Waals surface area (Å²) in [6.07, 6.45) is 1.38. The zero-order valence-corrected chi connectivity index (χ0v) is 16.4. The summed E-state index contributed by atoms with van der Waals surface area (Å²) in [5, 5.41) is 3.31. The third kappa shape index (κ3) is 3.42. The fourth-order valence-corrected chi connectivity index (χ4v) is 4.07. The number of H-pyrrole nitrogens is 1. The summed E-state index contributed by atoms with van der Waals surface area (Å²) in [6.45, 7) is 5.41. The van der Waals surface area contributed by atoms with Crippen molar-refractivity contribution in [3.63, 3.8) is 0 Å². The molecule has 4 rings (SSSR count). The number of hydrogen-bond donors (Lipinski definition) is 2. The number of hydrogen-bond acceptors (Lipinski definition) is 3. The van der Waals surface area contributed by atoms with E-state index in [1.165, 1.54) is 0 Å². The van der Waals surface area contributed by atoms with Crippen molar-refractivity contribution in [1.82, 2.24) is 15.3 Å². The van der Waals surface area contributed by atoms with E-state index >= 15 is 0 Å². The lowest BCUT2D eigenvalue weighted by Crippen LogP contribution is -2.49. The number of fused-ring (bicyclic) bond motifs is 1. The van der Waals surface area contributed by atoms with Crippen molar-refractivity contribution in [3.05, 3.63) is 66.0 Å². The van der Waals surface area contributed by atoms with Crippen molar-refractivity contribution in [2.75, 3.05) is 13.2 Å². The van der Waals surface area contributed by atoms with E-state index in [1.807, 2.05) is 42.5 Å². The van der Waals surface area contributed by atoms with E-state index in [2.05, 4.69) is 36.3 Å². The molecule has 1 saturated heterocycles. The molecular weight excluding hydrogens is 350 g/mol. The van der Waals surface area contributed by atoms with Gasteiger partial charge in [0.25, 0.3) is 0 Å². The maximum atomic E-state index is 13.6. The first-order valence-corrected chi connectivity index (χ1v) is 9.99. The highest BCUT2D eigenvalue weighted by molar-refractivity contribution is 5.88. The van der Waals surface area contributed by atoms with Gasteiger partial charge >= 0.3 is 0 Å². The molecule has 0 aliphatic carbocycles. The second-order valence-electron chi connectivity index (χ2n) is 7.89. The standard InChI is InChI=1S/C23H27N3O2/c1-16(2)20(21-24-18-10-6-7-11-19(18)25-21)26-22(27)23(12-14-28-15-13-23)17-8-4-3-5-9-17/h3-11,16,20H,12-15H2,1-2H3,(H,24,25)(H,26,27). The normalized spacial score (nSPS) is 17.5. The molecule has 1 aliphatic rings. The van der Waals surface area contributed by atoms with Gasteiger partial charge in [-0.2, -0.15) is 0 Å². The van der Waals surface area contributed by atoms with Gasteiger partial charge in [-0.1, -0.05) is 56.3 Å². The van der Waals surface area contributed by atoms with E-state index in [9.17, 15) is 4.79 Å². The number of amides is 1. The van der Waals surface area contributed by atoms with Crippen LogP contribution in [0.3, 0.4) is 0 Å². The summed E-state index contributed by atoms with van der Waals surface area (Å²) in [5.74, 6) is 1.07. The van der Waals surface area contributed by atoms with Crippen LogP contribution in [0.1, 0.15) is 44.1 Å². The van der Waals surface area contributed by atoms with E-state index in [0.717, 1.165) is 22.4 Å². The molecule has 2 aromatic carbocycles. The first-order chi connectivity index (χ1) is 13.6. The molecule has 1 unspecified atom stereocenters. The minimum Gasteiger partial charge on any atom is -0.381 e. The van der Waals surface area contributed by atoms with Crippen LogP contribution in [0.4, 0.5) is 0 Å². The van der Waals surface area contributed by atoms with Gasteiger partial charge in [-0.3, -0.25) is 4.79 Å². The van der Waals surface area contributed by atoms with Crippen LogP contribution in [0.15, 0.2) is 54.6 Å². The highest BCUT2D eigenvalue weighted by Crippen LogP contribution is 2.36. The van der Waals surface area contributed by atoms with Crippen molar-refractivity contribution >= 4 is 16.9 Å². The van der Waals surface area contributed by atoms with Crippen molar-refractivity contribution in [1.29, 1.82) is 0 Å². The lowest BCUT2D eigenvalue weighted by atomic mass is 9.73. The van der Waals surface area contributed by atoms with E-state index in [-0.39, 0.29) is 17.9 Å². The highest BCUT2D eigenvalue weighted by Gasteiger charge is 2.42. The van der Waals surface area contributed by atoms with Crippen molar-refractivity contribution in [2.24, 2.45) is 5.92 Å². The number of aromatic nitrogens is 2. The summed E-state index contributed by atoms with van der Waals surface area (Å²) in [6, 6.07) is 17.9. The zero-order valence-electron chi connectivity index (χ0n) is 16.4. The summed E-state index contributed by atoms with van der Waals surface area (Å²) >= 11 is 0.